The SMILES string of the molecule is COc1ccc(NC(=O)NC[C@H]2O[C@H](Cc3cc(-c4ccc(OC)cc4)on3)CC[C@@H]2O)cc1. The Balaban J connectivity index is 1.28. The molecule has 2 amide bonds. The second-order valence-corrected chi connectivity index (χ2v) is 8.12. The Kier molecular flexibility index (Phi) is 7.66. The summed E-state index contributed by atoms with van der Waals surface area (Å²) >= 11 is 0. The normalized spacial score (nSPS) is 19.9. The molecule has 9 heteroatoms. The predicted octanol–water partition coefficient (Wildman–Crippen LogP) is 3.63. The van der Waals surface area contributed by atoms with Crippen molar-refractivity contribution >= 4 is 11.7 Å². The van der Waals surface area contributed by atoms with E-state index in [1.165, 1.54) is 0 Å². The van der Waals surface area contributed by atoms with Gasteiger partial charge in [0.25, 0.3) is 0 Å². The van der Waals surface area contributed by atoms with Crippen LogP contribution in [-0.2, 0) is 11.2 Å². The zero-order chi connectivity index (χ0) is 23.9. The molecule has 0 saturated carbocycles. The number of aliphatic hydroxyl groups excluding tert-OH is 1. The zero-order valence-corrected chi connectivity index (χ0v) is 19.2. The van der Waals surface area contributed by atoms with Crippen molar-refractivity contribution in [2.75, 3.05) is 26.1 Å². The third-order valence-electron chi connectivity index (χ3n) is 5.76. The maximum Gasteiger partial charge on any atom is 0.319 e. The standard InChI is InChI=1S/C25H29N3O6/c1-31-19-7-3-16(4-8-19)23-14-18(28-34-23)13-21-11-12-22(29)24(33-21)15-26-25(30)27-17-5-9-20(32-2)10-6-17/h3-10,14,21-22,24,29H,11-13,15H2,1-2H3,(H2,26,27,30)/t21-,22-,24+/m0/s1. The van der Waals surface area contributed by atoms with Crippen molar-refractivity contribution in [1.29, 1.82) is 0 Å². The maximum atomic E-state index is 12.2. The van der Waals surface area contributed by atoms with E-state index in [0.717, 1.165) is 17.0 Å². The number of hydrogen-bond acceptors (Lipinski definition) is 7. The van der Waals surface area contributed by atoms with Gasteiger partial charge in [0.05, 0.1) is 32.1 Å². The molecule has 9 nitrogen and oxygen atoms in total. The van der Waals surface area contributed by atoms with Crippen LogP contribution in [0.25, 0.3) is 11.3 Å². The van der Waals surface area contributed by atoms with Crippen molar-refractivity contribution < 1.29 is 28.6 Å². The van der Waals surface area contributed by atoms with Gasteiger partial charge < -0.3 is 34.5 Å². The molecule has 1 saturated heterocycles. The van der Waals surface area contributed by atoms with Crippen LogP contribution in [0, 0.1) is 0 Å². The molecule has 0 unspecified atom stereocenters. The summed E-state index contributed by atoms with van der Waals surface area (Å²) in [6.45, 7) is 0.190. The minimum absolute atomic E-state index is 0.131. The third kappa shape index (κ3) is 6.06. The first-order chi connectivity index (χ1) is 16.5. The minimum atomic E-state index is -0.648. The lowest BCUT2D eigenvalue weighted by Crippen LogP contribution is -2.47. The van der Waals surface area contributed by atoms with E-state index in [0.29, 0.717) is 36.5 Å². The van der Waals surface area contributed by atoms with Crippen molar-refractivity contribution in [3.05, 3.63) is 60.3 Å². The molecule has 3 N–H and O–H groups in total. The second kappa shape index (κ2) is 11.0. The Morgan fingerprint density at radius 1 is 1.06 bits per heavy atom. The largest absolute Gasteiger partial charge is 0.497 e. The van der Waals surface area contributed by atoms with Gasteiger partial charge in [0, 0.05) is 30.3 Å². The Hall–Kier alpha value is -3.56. The maximum absolute atomic E-state index is 12.2. The van der Waals surface area contributed by atoms with E-state index in [1.54, 1.807) is 38.5 Å². The third-order valence-corrected chi connectivity index (χ3v) is 5.76. The molecule has 0 aliphatic carbocycles. The molecule has 3 atom stereocenters. The molecule has 1 aliphatic heterocycles. The van der Waals surface area contributed by atoms with Crippen LogP contribution in [0.1, 0.15) is 18.5 Å². The molecule has 1 aromatic heterocycles. The van der Waals surface area contributed by atoms with Crippen LogP contribution < -0.4 is 20.1 Å². The van der Waals surface area contributed by atoms with E-state index in [4.69, 9.17) is 18.7 Å². The van der Waals surface area contributed by atoms with Crippen LogP contribution >= 0.6 is 0 Å². The molecule has 4 rings (SSSR count). The summed E-state index contributed by atoms with van der Waals surface area (Å²) in [6, 6.07) is 16.1. The topological polar surface area (TPSA) is 115 Å². The van der Waals surface area contributed by atoms with Gasteiger partial charge in [-0.25, -0.2) is 4.79 Å². The molecular weight excluding hydrogens is 438 g/mol. The number of benzene rings is 2. The molecule has 180 valence electrons. The quantitative estimate of drug-likeness (QED) is 0.463. The number of carbonyl (C=O) groups excluding carboxylic acids is 1. The highest BCUT2D eigenvalue weighted by Crippen LogP contribution is 2.26. The lowest BCUT2D eigenvalue weighted by atomic mass is 9.98. The van der Waals surface area contributed by atoms with E-state index in [9.17, 15) is 9.90 Å². The fraction of sp³-hybridized carbons (Fsp3) is 0.360. The lowest BCUT2D eigenvalue weighted by Gasteiger charge is -2.33. The minimum Gasteiger partial charge on any atom is -0.497 e. The second-order valence-electron chi connectivity index (χ2n) is 8.12. The number of aromatic nitrogens is 1. The van der Waals surface area contributed by atoms with Gasteiger partial charge >= 0.3 is 6.03 Å². The van der Waals surface area contributed by atoms with E-state index in [-0.39, 0.29) is 18.7 Å². The van der Waals surface area contributed by atoms with Crippen molar-refractivity contribution in [3.8, 4) is 22.8 Å². The number of aliphatic hydroxyl groups is 1. The fourth-order valence-electron chi connectivity index (χ4n) is 3.86. The summed E-state index contributed by atoms with van der Waals surface area (Å²) < 4.78 is 21.9. The number of anilines is 1. The summed E-state index contributed by atoms with van der Waals surface area (Å²) in [4.78, 5) is 12.2. The Morgan fingerprint density at radius 3 is 2.41 bits per heavy atom. The van der Waals surface area contributed by atoms with E-state index < -0.39 is 12.2 Å². The van der Waals surface area contributed by atoms with Crippen LogP contribution in [0.5, 0.6) is 11.5 Å². The van der Waals surface area contributed by atoms with Gasteiger partial charge in [0.1, 0.15) is 17.6 Å². The van der Waals surface area contributed by atoms with Gasteiger partial charge in [0.15, 0.2) is 5.76 Å². The van der Waals surface area contributed by atoms with E-state index in [1.807, 2.05) is 30.3 Å². The summed E-state index contributed by atoms with van der Waals surface area (Å²) in [6.07, 6.45) is 0.550. The molecule has 1 fully saturated rings. The van der Waals surface area contributed by atoms with Crippen LogP contribution in [0.4, 0.5) is 10.5 Å². The van der Waals surface area contributed by atoms with Gasteiger partial charge in [-0.2, -0.15) is 0 Å². The Labute approximate surface area is 198 Å². The fourth-order valence-corrected chi connectivity index (χ4v) is 3.86. The smallest absolute Gasteiger partial charge is 0.319 e. The molecule has 2 heterocycles. The lowest BCUT2D eigenvalue weighted by molar-refractivity contribution is -0.113. The van der Waals surface area contributed by atoms with Crippen LogP contribution in [0.3, 0.4) is 0 Å². The van der Waals surface area contributed by atoms with Gasteiger partial charge in [-0.1, -0.05) is 5.16 Å². The monoisotopic (exact) mass is 467 g/mol. The first-order valence-corrected chi connectivity index (χ1v) is 11.2. The van der Waals surface area contributed by atoms with Crippen molar-refractivity contribution in [2.24, 2.45) is 0 Å². The number of carbonyl (C=O) groups is 1. The number of hydrogen-bond donors (Lipinski definition) is 3. The summed E-state index contributed by atoms with van der Waals surface area (Å²) in [5, 5.41) is 20.0. The number of ether oxygens (including phenoxy) is 3. The highest BCUT2D eigenvalue weighted by atomic mass is 16.5. The van der Waals surface area contributed by atoms with E-state index in [2.05, 4.69) is 15.8 Å². The molecule has 1 aliphatic rings. The summed E-state index contributed by atoms with van der Waals surface area (Å²) in [7, 11) is 3.21. The van der Waals surface area contributed by atoms with Crippen LogP contribution in [0.15, 0.2) is 59.1 Å². The highest BCUT2D eigenvalue weighted by molar-refractivity contribution is 5.89. The Bertz CT molecular complexity index is 1070. The molecule has 34 heavy (non-hydrogen) atoms. The van der Waals surface area contributed by atoms with Gasteiger partial charge in [0.2, 0.25) is 0 Å². The number of nitrogens with one attached hydrogen (secondary N) is 2. The average molecular weight is 468 g/mol. The average Bonchev–Trinajstić information content (AvgIpc) is 3.33. The van der Waals surface area contributed by atoms with Crippen LogP contribution in [-0.4, -0.2) is 55.4 Å². The van der Waals surface area contributed by atoms with Crippen LogP contribution in [0.2, 0.25) is 0 Å². The molecule has 0 radical (unpaired) electrons. The van der Waals surface area contributed by atoms with Crippen molar-refractivity contribution in [1.82, 2.24) is 10.5 Å². The van der Waals surface area contributed by atoms with Gasteiger partial charge in [-0.3, -0.25) is 0 Å². The first-order valence-electron chi connectivity index (χ1n) is 11.2. The number of amides is 2. The molecule has 0 spiro atoms. The van der Waals surface area contributed by atoms with E-state index >= 15 is 0 Å². The molecule has 0 bridgehead atoms. The van der Waals surface area contributed by atoms with Crippen molar-refractivity contribution in [3.63, 3.8) is 0 Å². The highest BCUT2D eigenvalue weighted by Gasteiger charge is 2.31. The predicted molar refractivity (Wildman–Crippen MR) is 126 cm³/mol. The number of nitrogens with zero attached hydrogens (tertiary/aromatic N) is 1. The Morgan fingerprint density at radius 2 is 1.74 bits per heavy atom. The first kappa shape index (κ1) is 23.6. The molecule has 2 aromatic carbocycles. The summed E-state index contributed by atoms with van der Waals surface area (Å²) in [5.41, 5.74) is 2.32. The zero-order valence-electron chi connectivity index (χ0n) is 19.2. The molecular formula is C25H29N3O6. The molecule has 3 aromatic rings. The number of urea groups is 1. The van der Waals surface area contributed by atoms with Gasteiger partial charge in [-0.05, 0) is 61.4 Å². The number of methoxy groups -OCH3 is 2. The van der Waals surface area contributed by atoms with Gasteiger partial charge in [-0.15, -0.1) is 0 Å². The van der Waals surface area contributed by atoms with Crippen molar-refractivity contribution in [2.45, 2.75) is 37.6 Å². The summed E-state index contributed by atoms with van der Waals surface area (Å²) in [5.74, 6) is 2.15. The number of rotatable bonds is 8.